The molecule has 0 fully saturated rings. The molecular weight excluding hydrogens is 274 g/mol. The molecular formula is C6H9O6Pd. The maximum absolute atomic E-state index is 8.89. The first-order valence-corrected chi connectivity index (χ1v) is 2.72. The van der Waals surface area contributed by atoms with Gasteiger partial charge in [0.1, 0.15) is 0 Å². The Morgan fingerprint density at radius 1 is 0.692 bits per heavy atom. The van der Waals surface area contributed by atoms with Gasteiger partial charge in [-0.25, -0.2) is 0 Å². The number of aliphatic carboxylic acids is 3. The van der Waals surface area contributed by atoms with Crippen LogP contribution in [0.25, 0.3) is 0 Å². The van der Waals surface area contributed by atoms with Gasteiger partial charge in [-0.05, 0) is 20.8 Å². The van der Waals surface area contributed by atoms with Crippen molar-refractivity contribution in [1.29, 1.82) is 0 Å². The van der Waals surface area contributed by atoms with Crippen LogP contribution in [0.15, 0.2) is 0 Å². The number of carbonyl (C=O) groups is 3. The van der Waals surface area contributed by atoms with Gasteiger partial charge in [0.15, 0.2) is 0 Å². The fourth-order valence-corrected chi connectivity index (χ4v) is 0. The van der Waals surface area contributed by atoms with Gasteiger partial charge in [0, 0.05) is 17.9 Å². The van der Waals surface area contributed by atoms with Gasteiger partial charge in [0.05, 0.1) is 0 Å². The first-order valence-electron chi connectivity index (χ1n) is 2.72. The summed E-state index contributed by atoms with van der Waals surface area (Å²) in [6.45, 7) is 2.92. The third-order valence-corrected chi connectivity index (χ3v) is 0. The number of hydrogen-bond donors (Lipinski definition) is 0. The fourth-order valence-electron chi connectivity index (χ4n) is 0. The van der Waals surface area contributed by atoms with Crippen molar-refractivity contribution in [3.8, 4) is 0 Å². The van der Waals surface area contributed by atoms with E-state index in [1.165, 1.54) is 0 Å². The third kappa shape index (κ3) is 1060. The molecule has 13 heavy (non-hydrogen) atoms. The first kappa shape index (κ1) is 22.7. The summed E-state index contributed by atoms with van der Waals surface area (Å²) < 4.78 is 0. The Kier molecular flexibility index (Phi) is 30.1. The summed E-state index contributed by atoms with van der Waals surface area (Å²) in [7, 11) is 0. The standard InChI is InChI=1S/3C2H4O2.Pd/c3*1-2(3)4;/h3*1H3,(H,3,4);/q;;;+3/p-3. The predicted molar refractivity (Wildman–Crippen MR) is 32.0 cm³/mol. The normalized spacial score (nSPS) is 5.77. The maximum Gasteiger partial charge on any atom is 3.00 e. The van der Waals surface area contributed by atoms with E-state index in [1.807, 2.05) is 0 Å². The average Bonchev–Trinajstić information content (AvgIpc) is 1.54. The van der Waals surface area contributed by atoms with Crippen LogP contribution < -0.4 is 15.3 Å². The SMILES string of the molecule is CC(=O)[O-].CC(=O)[O-].CC(=O)[O-].[Pd+3]. The van der Waals surface area contributed by atoms with E-state index in [2.05, 4.69) is 0 Å². The molecule has 0 aliphatic heterocycles. The van der Waals surface area contributed by atoms with Gasteiger partial charge < -0.3 is 29.7 Å². The minimum Gasteiger partial charge on any atom is -0.550 e. The van der Waals surface area contributed by atoms with Crippen molar-refractivity contribution < 1.29 is 50.1 Å². The molecule has 0 aromatic rings. The first-order chi connectivity index (χ1) is 5.20. The van der Waals surface area contributed by atoms with Crippen molar-refractivity contribution in [2.45, 2.75) is 20.8 Å². The molecule has 0 aromatic carbocycles. The maximum atomic E-state index is 8.89. The van der Waals surface area contributed by atoms with E-state index >= 15 is 0 Å². The molecule has 0 bridgehead atoms. The zero-order valence-corrected chi connectivity index (χ0v) is 8.82. The van der Waals surface area contributed by atoms with Crippen LogP contribution >= 0.6 is 0 Å². The minimum absolute atomic E-state index is 0. The van der Waals surface area contributed by atoms with Crippen LogP contribution in [0.2, 0.25) is 0 Å². The van der Waals surface area contributed by atoms with Crippen molar-refractivity contribution in [2.75, 3.05) is 0 Å². The minimum atomic E-state index is -1.08. The number of rotatable bonds is 0. The monoisotopic (exact) mass is 283 g/mol. The summed E-state index contributed by atoms with van der Waals surface area (Å²) in [6, 6.07) is 0. The zero-order valence-electron chi connectivity index (χ0n) is 7.27. The van der Waals surface area contributed by atoms with E-state index in [1.54, 1.807) is 0 Å². The molecule has 0 spiro atoms. The molecule has 0 amide bonds. The van der Waals surface area contributed by atoms with E-state index in [4.69, 9.17) is 29.7 Å². The Morgan fingerprint density at radius 2 is 0.692 bits per heavy atom. The molecule has 79 valence electrons. The molecule has 0 heterocycles. The van der Waals surface area contributed by atoms with Crippen molar-refractivity contribution >= 4 is 17.9 Å². The van der Waals surface area contributed by atoms with Crippen LogP contribution in [0.1, 0.15) is 20.8 Å². The second-order valence-corrected chi connectivity index (χ2v) is 1.47. The molecule has 0 atom stereocenters. The van der Waals surface area contributed by atoms with Crippen molar-refractivity contribution in [1.82, 2.24) is 0 Å². The topological polar surface area (TPSA) is 120 Å². The van der Waals surface area contributed by atoms with E-state index in [-0.39, 0.29) is 20.4 Å². The number of hydrogen-bond acceptors (Lipinski definition) is 6. The Morgan fingerprint density at radius 3 is 0.692 bits per heavy atom. The van der Waals surface area contributed by atoms with Crippen molar-refractivity contribution in [3.63, 3.8) is 0 Å². The summed E-state index contributed by atoms with van der Waals surface area (Å²) >= 11 is 0. The van der Waals surface area contributed by atoms with Gasteiger partial charge >= 0.3 is 20.4 Å². The van der Waals surface area contributed by atoms with Crippen molar-refractivity contribution in [2.24, 2.45) is 0 Å². The van der Waals surface area contributed by atoms with E-state index < -0.39 is 17.9 Å². The number of carboxylic acids is 3. The molecule has 1 radical (unpaired) electrons. The summed E-state index contributed by atoms with van der Waals surface area (Å²) in [5.41, 5.74) is 0. The Bertz CT molecular complexity index is 115. The van der Waals surface area contributed by atoms with Crippen LogP contribution in [-0.2, 0) is 34.8 Å². The third-order valence-electron chi connectivity index (χ3n) is 0. The molecule has 0 aromatic heterocycles. The van der Waals surface area contributed by atoms with Gasteiger partial charge in [-0.1, -0.05) is 0 Å². The van der Waals surface area contributed by atoms with Crippen LogP contribution in [0.3, 0.4) is 0 Å². The summed E-state index contributed by atoms with van der Waals surface area (Å²) in [5.74, 6) is -3.25. The molecule has 0 unspecified atom stereocenters. The average molecular weight is 284 g/mol. The summed E-state index contributed by atoms with van der Waals surface area (Å²) in [6.07, 6.45) is 0. The van der Waals surface area contributed by atoms with Crippen LogP contribution in [0.4, 0.5) is 0 Å². The predicted octanol–water partition coefficient (Wildman–Crippen LogP) is -3.73. The summed E-state index contributed by atoms with van der Waals surface area (Å²) in [4.78, 5) is 26.7. The second-order valence-electron chi connectivity index (χ2n) is 1.47. The van der Waals surface area contributed by atoms with E-state index in [0.29, 0.717) is 0 Å². The molecule has 0 aliphatic rings. The molecule has 0 N–H and O–H groups in total. The van der Waals surface area contributed by atoms with Crippen LogP contribution in [0.5, 0.6) is 0 Å². The number of carbonyl (C=O) groups excluding carboxylic acids is 3. The molecule has 0 aliphatic carbocycles. The van der Waals surface area contributed by atoms with Gasteiger partial charge in [-0.15, -0.1) is 0 Å². The van der Waals surface area contributed by atoms with Gasteiger partial charge in [0.2, 0.25) is 0 Å². The second kappa shape index (κ2) is 17.2. The molecule has 0 saturated heterocycles. The van der Waals surface area contributed by atoms with E-state index in [9.17, 15) is 0 Å². The molecule has 7 heteroatoms. The fraction of sp³-hybridized carbons (Fsp3) is 0.500. The molecule has 0 rings (SSSR count). The molecule has 0 saturated carbocycles. The summed E-state index contributed by atoms with van der Waals surface area (Å²) in [5, 5.41) is 26.7. The zero-order chi connectivity index (χ0) is 10.7. The largest absolute Gasteiger partial charge is 3.00 e. The Labute approximate surface area is 89.2 Å². The van der Waals surface area contributed by atoms with Crippen LogP contribution in [0, 0.1) is 0 Å². The van der Waals surface area contributed by atoms with Crippen molar-refractivity contribution in [3.05, 3.63) is 0 Å². The van der Waals surface area contributed by atoms with Crippen LogP contribution in [-0.4, -0.2) is 17.9 Å². The van der Waals surface area contributed by atoms with Gasteiger partial charge in [0.25, 0.3) is 0 Å². The smallest absolute Gasteiger partial charge is 0.550 e. The van der Waals surface area contributed by atoms with Gasteiger partial charge in [-0.2, -0.15) is 0 Å². The molecule has 6 nitrogen and oxygen atoms in total. The van der Waals surface area contributed by atoms with E-state index in [0.717, 1.165) is 20.8 Å². The Hall–Kier alpha value is -0.928. The van der Waals surface area contributed by atoms with Gasteiger partial charge in [-0.3, -0.25) is 0 Å². The Balaban J connectivity index is -0.0000000450. The number of carboxylic acid groups (broad SMARTS) is 3. The quantitative estimate of drug-likeness (QED) is 0.421.